The molecule has 0 unspecified atom stereocenters. The van der Waals surface area contributed by atoms with Gasteiger partial charge in [0.1, 0.15) is 11.6 Å². The van der Waals surface area contributed by atoms with Crippen molar-refractivity contribution >= 4 is 33.3 Å². The van der Waals surface area contributed by atoms with E-state index in [1.165, 1.54) is 0 Å². The minimum atomic E-state index is -0.00349. The molecule has 1 atom stereocenters. The highest BCUT2D eigenvalue weighted by atomic mass is 32.2. The first-order valence-electron chi connectivity index (χ1n) is 9.21. The van der Waals surface area contributed by atoms with E-state index >= 15 is 0 Å². The highest BCUT2D eigenvalue weighted by molar-refractivity contribution is 7.99. The molecule has 2 aromatic heterocycles. The molecule has 0 bridgehead atoms. The van der Waals surface area contributed by atoms with Gasteiger partial charge in [-0.2, -0.15) is 0 Å². The fourth-order valence-electron chi connectivity index (χ4n) is 3.26. The van der Waals surface area contributed by atoms with E-state index in [1.54, 1.807) is 33.7 Å². The molecule has 0 amide bonds. The summed E-state index contributed by atoms with van der Waals surface area (Å²) in [5, 5.41) is 1.42. The predicted octanol–water partition coefficient (Wildman–Crippen LogP) is 4.47. The fourth-order valence-corrected chi connectivity index (χ4v) is 5.57. The molecule has 3 aromatic rings. The van der Waals surface area contributed by atoms with Crippen LogP contribution in [0.15, 0.2) is 52.9 Å². The highest BCUT2D eigenvalue weighted by Crippen LogP contribution is 2.36. The van der Waals surface area contributed by atoms with E-state index in [0.29, 0.717) is 30.5 Å². The molecule has 28 heavy (non-hydrogen) atoms. The van der Waals surface area contributed by atoms with E-state index in [-0.39, 0.29) is 11.7 Å². The van der Waals surface area contributed by atoms with E-state index < -0.39 is 0 Å². The van der Waals surface area contributed by atoms with Gasteiger partial charge < -0.3 is 9.47 Å². The molecule has 3 heterocycles. The zero-order chi connectivity index (χ0) is 19.5. The summed E-state index contributed by atoms with van der Waals surface area (Å²) in [6, 6.07) is 10.2. The summed E-state index contributed by atoms with van der Waals surface area (Å²) in [4.78, 5) is 20.0. The Balaban J connectivity index is 1.75. The second-order valence-corrected chi connectivity index (χ2v) is 8.60. The topological polar surface area (TPSA) is 53.4 Å². The number of thiophene rings is 1. The molecule has 1 aliphatic rings. The maximum atomic E-state index is 13.3. The molecule has 0 radical (unpaired) electrons. The number of allylic oxidation sites excluding steroid dienone is 1. The smallest absolute Gasteiger partial charge is 0.263 e. The molecule has 0 N–H and O–H groups in total. The number of thioether (sulfide) groups is 1. The van der Waals surface area contributed by atoms with Gasteiger partial charge in [-0.05, 0) is 24.5 Å². The van der Waals surface area contributed by atoms with Crippen LogP contribution in [0, 0.1) is 6.92 Å². The summed E-state index contributed by atoms with van der Waals surface area (Å²) in [6.45, 7) is 7.30. The van der Waals surface area contributed by atoms with Crippen molar-refractivity contribution in [3.8, 4) is 10.4 Å². The zero-order valence-electron chi connectivity index (χ0n) is 15.7. The van der Waals surface area contributed by atoms with Crippen molar-refractivity contribution < 1.29 is 9.47 Å². The number of nitrogens with zero attached hydrogens (tertiary/aromatic N) is 2. The molecule has 1 fully saturated rings. The Morgan fingerprint density at radius 1 is 1.39 bits per heavy atom. The van der Waals surface area contributed by atoms with Crippen LogP contribution in [-0.2, 0) is 16.0 Å². The summed E-state index contributed by atoms with van der Waals surface area (Å²) in [5.74, 6) is 0.744. The number of aryl methyl sites for hydroxylation is 1. The minimum absolute atomic E-state index is 0.00349. The van der Waals surface area contributed by atoms with Gasteiger partial charge in [-0.25, -0.2) is 4.98 Å². The Morgan fingerprint density at radius 2 is 2.21 bits per heavy atom. The summed E-state index contributed by atoms with van der Waals surface area (Å²) < 4.78 is 12.6. The lowest BCUT2D eigenvalue weighted by Gasteiger charge is -2.22. The van der Waals surface area contributed by atoms with Crippen molar-refractivity contribution in [2.75, 3.05) is 19.2 Å². The molecule has 1 aromatic carbocycles. The predicted molar refractivity (Wildman–Crippen MR) is 115 cm³/mol. The summed E-state index contributed by atoms with van der Waals surface area (Å²) in [7, 11) is 0. The summed E-state index contributed by atoms with van der Waals surface area (Å²) in [6.07, 6.45) is 2.72. The second kappa shape index (κ2) is 8.61. The quantitative estimate of drug-likeness (QED) is 0.338. The Kier molecular flexibility index (Phi) is 5.96. The lowest BCUT2D eigenvalue weighted by molar-refractivity contribution is -0.130. The van der Waals surface area contributed by atoms with Gasteiger partial charge in [0.05, 0.1) is 18.1 Å². The van der Waals surface area contributed by atoms with Crippen LogP contribution in [0.4, 0.5) is 0 Å². The standard InChI is InChI=1S/C21H22N2O3S2/c1-3-10-23-20(24)17-14(2)18(15-7-5-4-6-8-15)28-19(17)22-21(23)27-12-16-9-11-25-13-26-16/h3-8,16H,1,9-13H2,2H3/t16-/m0/s1. The van der Waals surface area contributed by atoms with E-state index in [9.17, 15) is 4.79 Å². The van der Waals surface area contributed by atoms with Crippen LogP contribution in [0.1, 0.15) is 12.0 Å². The number of hydrogen-bond acceptors (Lipinski definition) is 6. The SMILES string of the molecule is C=CCn1c(SC[C@@H]2CCOCO2)nc2sc(-c3ccccc3)c(C)c2c1=O. The molecular formula is C21H22N2O3S2. The molecule has 5 nitrogen and oxygen atoms in total. The van der Waals surface area contributed by atoms with Crippen molar-refractivity contribution in [2.45, 2.75) is 31.1 Å². The van der Waals surface area contributed by atoms with Crippen molar-refractivity contribution in [1.82, 2.24) is 9.55 Å². The number of ether oxygens (including phenoxy) is 2. The van der Waals surface area contributed by atoms with Crippen molar-refractivity contribution in [1.29, 1.82) is 0 Å². The third-order valence-electron chi connectivity index (χ3n) is 4.73. The molecule has 0 aliphatic carbocycles. The van der Waals surface area contributed by atoms with Gasteiger partial charge in [-0.3, -0.25) is 9.36 Å². The van der Waals surface area contributed by atoms with Crippen LogP contribution in [0.25, 0.3) is 20.7 Å². The Bertz CT molecular complexity index is 1040. The van der Waals surface area contributed by atoms with E-state index in [2.05, 4.69) is 18.7 Å². The molecule has 4 rings (SSSR count). The van der Waals surface area contributed by atoms with Crippen LogP contribution >= 0.6 is 23.1 Å². The number of hydrogen-bond donors (Lipinski definition) is 0. The van der Waals surface area contributed by atoms with Crippen LogP contribution in [0.3, 0.4) is 0 Å². The third-order valence-corrected chi connectivity index (χ3v) is 7.08. The van der Waals surface area contributed by atoms with Gasteiger partial charge in [0, 0.05) is 17.2 Å². The first-order valence-corrected chi connectivity index (χ1v) is 11.0. The molecule has 7 heteroatoms. The van der Waals surface area contributed by atoms with E-state index in [4.69, 9.17) is 14.5 Å². The van der Waals surface area contributed by atoms with Crippen molar-refractivity contribution in [2.24, 2.45) is 0 Å². The van der Waals surface area contributed by atoms with Crippen LogP contribution < -0.4 is 5.56 Å². The second-order valence-electron chi connectivity index (χ2n) is 6.62. The first kappa shape index (κ1) is 19.4. The minimum Gasteiger partial charge on any atom is -0.355 e. The Labute approximate surface area is 172 Å². The average molecular weight is 415 g/mol. The number of aromatic nitrogens is 2. The lowest BCUT2D eigenvalue weighted by Crippen LogP contribution is -2.27. The van der Waals surface area contributed by atoms with E-state index in [0.717, 1.165) is 33.0 Å². The fraction of sp³-hybridized carbons (Fsp3) is 0.333. The molecule has 0 saturated carbocycles. The highest BCUT2D eigenvalue weighted by Gasteiger charge is 2.20. The normalized spacial score (nSPS) is 17.1. The zero-order valence-corrected chi connectivity index (χ0v) is 17.4. The third kappa shape index (κ3) is 3.80. The Morgan fingerprint density at radius 3 is 2.93 bits per heavy atom. The molecule has 1 saturated heterocycles. The molecule has 0 spiro atoms. The van der Waals surface area contributed by atoms with Crippen LogP contribution in [0.5, 0.6) is 0 Å². The van der Waals surface area contributed by atoms with Gasteiger partial charge >= 0.3 is 0 Å². The Hall–Kier alpha value is -1.93. The van der Waals surface area contributed by atoms with Crippen molar-refractivity contribution in [3.05, 3.63) is 58.9 Å². The largest absolute Gasteiger partial charge is 0.355 e. The molecular weight excluding hydrogens is 392 g/mol. The maximum absolute atomic E-state index is 13.3. The van der Waals surface area contributed by atoms with Gasteiger partial charge in [0.25, 0.3) is 5.56 Å². The van der Waals surface area contributed by atoms with E-state index in [1.807, 2.05) is 25.1 Å². The number of benzene rings is 1. The molecule has 1 aliphatic heterocycles. The van der Waals surface area contributed by atoms with Gasteiger partial charge in [0.15, 0.2) is 5.16 Å². The number of rotatable bonds is 6. The number of fused-ring (bicyclic) bond motifs is 1. The average Bonchev–Trinajstić information content (AvgIpc) is 3.07. The van der Waals surface area contributed by atoms with Crippen LogP contribution in [-0.4, -0.2) is 34.8 Å². The van der Waals surface area contributed by atoms with Crippen molar-refractivity contribution in [3.63, 3.8) is 0 Å². The summed E-state index contributed by atoms with van der Waals surface area (Å²) in [5.41, 5.74) is 2.10. The lowest BCUT2D eigenvalue weighted by atomic mass is 10.1. The monoisotopic (exact) mass is 414 g/mol. The van der Waals surface area contributed by atoms with Gasteiger partial charge in [0.2, 0.25) is 0 Å². The first-order chi connectivity index (χ1) is 13.7. The van der Waals surface area contributed by atoms with Crippen LogP contribution in [0.2, 0.25) is 0 Å². The van der Waals surface area contributed by atoms with Gasteiger partial charge in [-0.15, -0.1) is 17.9 Å². The maximum Gasteiger partial charge on any atom is 0.263 e. The summed E-state index contributed by atoms with van der Waals surface area (Å²) >= 11 is 3.14. The van der Waals surface area contributed by atoms with Gasteiger partial charge in [-0.1, -0.05) is 48.2 Å². The molecule has 146 valence electrons.